The molecule has 0 aromatic heterocycles. The number of aliphatic hydroxyl groups excluding tert-OH is 4. The molecule has 0 radical (unpaired) electrons. The van der Waals surface area contributed by atoms with Crippen LogP contribution in [0.1, 0.15) is 51.9 Å². The third kappa shape index (κ3) is 7.22. The molecule has 0 bridgehead atoms. The summed E-state index contributed by atoms with van der Waals surface area (Å²) in [5, 5.41) is 37.9. The Hall–Kier alpha value is -0.200. The van der Waals surface area contributed by atoms with Crippen LogP contribution in [0, 0.1) is 5.92 Å². The van der Waals surface area contributed by atoms with E-state index in [1.807, 2.05) is 0 Å². The molecule has 0 heterocycles. The quantitative estimate of drug-likeness (QED) is 0.492. The molecular weight excluding hydrogens is 248 g/mol. The Bertz CT molecular complexity index is 234. The zero-order chi connectivity index (χ0) is 14.3. The minimum Gasteiger partial charge on any atom is -0.393 e. The van der Waals surface area contributed by atoms with Gasteiger partial charge in [-0.15, -0.1) is 0 Å². The van der Waals surface area contributed by atoms with Crippen LogP contribution in [0.25, 0.3) is 0 Å². The van der Waals surface area contributed by atoms with E-state index in [4.69, 9.17) is 9.84 Å². The molecule has 5 heteroatoms. The van der Waals surface area contributed by atoms with Crippen LogP contribution in [-0.2, 0) is 4.74 Å². The summed E-state index contributed by atoms with van der Waals surface area (Å²) in [4.78, 5) is 0. The van der Waals surface area contributed by atoms with Crippen LogP contribution >= 0.6 is 0 Å². The number of ether oxygens (including phenoxy) is 1. The summed E-state index contributed by atoms with van der Waals surface area (Å²) in [6.45, 7) is 2.05. The molecule has 0 aromatic carbocycles. The molecule has 114 valence electrons. The minimum atomic E-state index is -0.787. The monoisotopic (exact) mass is 276 g/mol. The number of hydrogen-bond acceptors (Lipinski definition) is 5. The summed E-state index contributed by atoms with van der Waals surface area (Å²) < 4.78 is 5.18. The molecule has 4 N–H and O–H groups in total. The average Bonchev–Trinajstić information content (AvgIpc) is 2.31. The van der Waals surface area contributed by atoms with Crippen molar-refractivity contribution in [3.63, 3.8) is 0 Å². The molecule has 4 unspecified atom stereocenters. The maximum atomic E-state index is 9.83. The van der Waals surface area contributed by atoms with E-state index in [1.54, 1.807) is 6.92 Å². The lowest BCUT2D eigenvalue weighted by Gasteiger charge is -2.30. The normalized spacial score (nSPS) is 31.1. The van der Waals surface area contributed by atoms with Gasteiger partial charge in [0.2, 0.25) is 0 Å². The zero-order valence-electron chi connectivity index (χ0n) is 11.7. The maximum Gasteiger partial charge on any atom is 0.154 e. The summed E-state index contributed by atoms with van der Waals surface area (Å²) in [5.74, 6) is 0.230. The van der Waals surface area contributed by atoms with Gasteiger partial charge in [0.15, 0.2) is 6.29 Å². The molecule has 0 saturated heterocycles. The number of hydrogen-bond donors (Lipinski definition) is 4. The molecule has 5 atom stereocenters. The van der Waals surface area contributed by atoms with E-state index in [2.05, 4.69) is 0 Å². The second kappa shape index (κ2) is 8.87. The number of rotatable bonds is 8. The highest BCUT2D eigenvalue weighted by atomic mass is 16.6. The fraction of sp³-hybridized carbons (Fsp3) is 1.00. The SMILES string of the molecule is CC(O)CCOC(O)CCCC1CCC(O)C[C@H]1O. The van der Waals surface area contributed by atoms with Crippen LogP contribution in [0.3, 0.4) is 0 Å². The molecule has 1 fully saturated rings. The van der Waals surface area contributed by atoms with Crippen LogP contribution in [-0.4, -0.2) is 51.6 Å². The highest BCUT2D eigenvalue weighted by molar-refractivity contribution is 4.79. The van der Waals surface area contributed by atoms with Crippen LogP contribution < -0.4 is 0 Å². The van der Waals surface area contributed by atoms with Crippen molar-refractivity contribution >= 4 is 0 Å². The van der Waals surface area contributed by atoms with Crippen molar-refractivity contribution in [3.05, 3.63) is 0 Å². The standard InChI is InChI=1S/C14H28O5/c1-10(15)7-8-19-14(18)4-2-3-11-5-6-12(16)9-13(11)17/h10-18H,2-9H2,1H3/t10?,11?,12?,13-,14?/m1/s1. The average molecular weight is 276 g/mol. The molecule has 0 aromatic rings. The van der Waals surface area contributed by atoms with Crippen LogP contribution in [0.4, 0.5) is 0 Å². The molecule has 0 aliphatic heterocycles. The van der Waals surface area contributed by atoms with E-state index in [0.29, 0.717) is 25.9 Å². The van der Waals surface area contributed by atoms with Crippen molar-refractivity contribution in [3.8, 4) is 0 Å². The summed E-state index contributed by atoms with van der Waals surface area (Å²) in [7, 11) is 0. The van der Waals surface area contributed by atoms with Gasteiger partial charge >= 0.3 is 0 Å². The van der Waals surface area contributed by atoms with E-state index in [-0.39, 0.29) is 12.0 Å². The molecule has 1 aliphatic rings. The van der Waals surface area contributed by atoms with Crippen LogP contribution in [0.2, 0.25) is 0 Å². The third-order valence-corrected chi connectivity index (χ3v) is 3.80. The lowest BCUT2D eigenvalue weighted by atomic mass is 9.82. The summed E-state index contributed by atoms with van der Waals surface area (Å²) in [5.41, 5.74) is 0. The van der Waals surface area contributed by atoms with E-state index >= 15 is 0 Å². The van der Waals surface area contributed by atoms with Crippen molar-refractivity contribution in [1.82, 2.24) is 0 Å². The topological polar surface area (TPSA) is 90.2 Å². The van der Waals surface area contributed by atoms with Crippen LogP contribution in [0.15, 0.2) is 0 Å². The molecule has 5 nitrogen and oxygen atoms in total. The second-order valence-electron chi connectivity index (χ2n) is 5.69. The lowest BCUT2D eigenvalue weighted by Crippen LogP contribution is -2.32. The molecule has 1 aliphatic carbocycles. The van der Waals surface area contributed by atoms with Gasteiger partial charge in [-0.2, -0.15) is 0 Å². The van der Waals surface area contributed by atoms with Gasteiger partial charge in [-0.3, -0.25) is 0 Å². The maximum absolute atomic E-state index is 9.83. The van der Waals surface area contributed by atoms with Crippen molar-refractivity contribution < 1.29 is 25.2 Å². The van der Waals surface area contributed by atoms with Gasteiger partial charge in [0.05, 0.1) is 24.9 Å². The Morgan fingerprint density at radius 1 is 1.16 bits per heavy atom. The third-order valence-electron chi connectivity index (χ3n) is 3.80. The van der Waals surface area contributed by atoms with Gasteiger partial charge in [-0.25, -0.2) is 0 Å². The van der Waals surface area contributed by atoms with Crippen molar-refractivity contribution in [2.45, 2.75) is 76.5 Å². The van der Waals surface area contributed by atoms with E-state index in [1.165, 1.54) is 0 Å². The summed E-state index contributed by atoms with van der Waals surface area (Å²) in [6.07, 6.45) is 2.83. The van der Waals surface area contributed by atoms with Crippen molar-refractivity contribution in [2.24, 2.45) is 5.92 Å². The molecule has 1 saturated carbocycles. The Balaban J connectivity index is 2.06. The molecule has 0 amide bonds. The Morgan fingerprint density at radius 3 is 2.53 bits per heavy atom. The Morgan fingerprint density at radius 2 is 1.89 bits per heavy atom. The predicted molar refractivity (Wildman–Crippen MR) is 71.5 cm³/mol. The smallest absolute Gasteiger partial charge is 0.154 e. The second-order valence-corrected chi connectivity index (χ2v) is 5.69. The van der Waals surface area contributed by atoms with Gasteiger partial charge in [0.25, 0.3) is 0 Å². The first kappa shape index (κ1) is 16.9. The highest BCUT2D eigenvalue weighted by Gasteiger charge is 2.27. The van der Waals surface area contributed by atoms with Crippen molar-refractivity contribution in [1.29, 1.82) is 0 Å². The van der Waals surface area contributed by atoms with Gasteiger partial charge < -0.3 is 25.2 Å². The molecule has 1 rings (SSSR count). The summed E-state index contributed by atoms with van der Waals surface area (Å²) >= 11 is 0. The first-order chi connectivity index (χ1) is 8.99. The van der Waals surface area contributed by atoms with E-state index in [9.17, 15) is 15.3 Å². The largest absolute Gasteiger partial charge is 0.393 e. The zero-order valence-corrected chi connectivity index (χ0v) is 11.7. The molecule has 19 heavy (non-hydrogen) atoms. The van der Waals surface area contributed by atoms with Crippen molar-refractivity contribution in [2.75, 3.05) is 6.61 Å². The van der Waals surface area contributed by atoms with Gasteiger partial charge in [-0.1, -0.05) is 0 Å². The lowest BCUT2D eigenvalue weighted by molar-refractivity contribution is -0.110. The molecule has 0 spiro atoms. The van der Waals surface area contributed by atoms with Gasteiger partial charge in [-0.05, 0) is 57.8 Å². The van der Waals surface area contributed by atoms with Gasteiger partial charge in [0.1, 0.15) is 0 Å². The fourth-order valence-corrected chi connectivity index (χ4v) is 2.54. The van der Waals surface area contributed by atoms with Gasteiger partial charge in [0, 0.05) is 0 Å². The molecular formula is C14H28O5. The number of aliphatic hydroxyl groups is 4. The highest BCUT2D eigenvalue weighted by Crippen LogP contribution is 2.28. The first-order valence-electron chi connectivity index (χ1n) is 7.33. The first-order valence-corrected chi connectivity index (χ1v) is 7.33. The predicted octanol–water partition coefficient (Wildman–Crippen LogP) is 0.784. The summed E-state index contributed by atoms with van der Waals surface area (Å²) in [6, 6.07) is 0. The Labute approximate surface area is 115 Å². The van der Waals surface area contributed by atoms with E-state index < -0.39 is 18.5 Å². The Kier molecular flexibility index (Phi) is 7.87. The van der Waals surface area contributed by atoms with Crippen LogP contribution in [0.5, 0.6) is 0 Å². The fourth-order valence-electron chi connectivity index (χ4n) is 2.54. The van der Waals surface area contributed by atoms with E-state index in [0.717, 1.165) is 25.7 Å². The minimum absolute atomic E-state index is 0.230.